The van der Waals surface area contributed by atoms with Crippen LogP contribution in [0.2, 0.25) is 0 Å². The quantitative estimate of drug-likeness (QED) is 0.0718. The molecule has 0 saturated heterocycles. The van der Waals surface area contributed by atoms with Gasteiger partial charge in [-0.15, -0.1) is 0 Å². The van der Waals surface area contributed by atoms with E-state index in [0.29, 0.717) is 0 Å². The van der Waals surface area contributed by atoms with Gasteiger partial charge in [0.05, 0.1) is 14.4 Å². The average Bonchev–Trinajstić information content (AvgIpc) is 3.50. The van der Waals surface area contributed by atoms with Gasteiger partial charge in [-0.05, 0) is 157 Å². The monoisotopic (exact) mass is 719 g/mol. The minimum Gasteiger partial charge on any atom is -0.790 e. The van der Waals surface area contributed by atoms with Crippen LogP contribution in [0.15, 0.2) is 81.5 Å². The second-order valence-corrected chi connectivity index (χ2v) is 17.6. The molecule has 49 heavy (non-hydrogen) atoms. The third kappa shape index (κ3) is 21.4. The van der Waals surface area contributed by atoms with Crippen molar-refractivity contribution >= 4 is 15.6 Å². The summed E-state index contributed by atoms with van der Waals surface area (Å²) < 4.78 is 31.5. The molecular formula is C40H65O7P2-3. The van der Waals surface area contributed by atoms with Gasteiger partial charge in [-0.1, -0.05) is 88.5 Å². The molecule has 4 atom stereocenters. The third-order valence-electron chi connectivity index (χ3n) is 9.46. The second kappa shape index (κ2) is 22.4. The van der Waals surface area contributed by atoms with Gasteiger partial charge in [0.1, 0.15) is 0 Å². The van der Waals surface area contributed by atoms with Crippen LogP contribution in [-0.2, 0) is 18.0 Å². The first-order chi connectivity index (χ1) is 22.7. The Hall–Kier alpha value is -1.56. The number of phosphoric acid groups is 2. The molecule has 0 N–H and O–H groups in total. The van der Waals surface area contributed by atoms with Crippen molar-refractivity contribution in [3.05, 3.63) is 81.5 Å². The SMILES string of the molecule is CC(C)=CCC/C(C)=C/CC/C(C)=C/CC/C(C)=C/[C@H]1[C@H](COP(=O)([O-])OP(=O)([O-])[O-])[C@]1(C)CC/C=C(\C)CC/C=C(\C)CCC=C(C)C. The lowest BCUT2D eigenvalue weighted by atomic mass is 9.95. The zero-order chi connectivity index (χ0) is 37.3. The number of allylic oxidation sites excluding steroid dienone is 14. The minimum absolute atomic E-state index is 0.0726. The molecule has 1 rings (SSSR count). The fraction of sp³-hybridized carbons (Fsp3) is 0.650. The Balaban J connectivity index is 2.80. The predicted octanol–water partition coefficient (Wildman–Crippen LogP) is 10.9. The maximum Gasteiger partial charge on any atom is 0.271 e. The largest absolute Gasteiger partial charge is 0.790 e. The normalized spacial score (nSPS) is 22.2. The van der Waals surface area contributed by atoms with Crippen LogP contribution in [-0.4, -0.2) is 6.61 Å². The summed E-state index contributed by atoms with van der Waals surface area (Å²) >= 11 is 0. The van der Waals surface area contributed by atoms with Crippen LogP contribution in [0.5, 0.6) is 0 Å². The summed E-state index contributed by atoms with van der Waals surface area (Å²) in [6, 6.07) is 0. The molecule has 1 saturated carbocycles. The van der Waals surface area contributed by atoms with Gasteiger partial charge < -0.3 is 23.8 Å². The van der Waals surface area contributed by atoms with E-state index in [9.17, 15) is 23.8 Å². The van der Waals surface area contributed by atoms with Crippen LogP contribution in [0.25, 0.3) is 0 Å². The van der Waals surface area contributed by atoms with Crippen molar-refractivity contribution in [2.75, 3.05) is 6.61 Å². The van der Waals surface area contributed by atoms with E-state index in [-0.39, 0.29) is 23.9 Å². The van der Waals surface area contributed by atoms with Crippen molar-refractivity contribution in [1.29, 1.82) is 0 Å². The highest BCUT2D eigenvalue weighted by molar-refractivity contribution is 7.58. The lowest BCUT2D eigenvalue weighted by Crippen LogP contribution is -2.20. The summed E-state index contributed by atoms with van der Waals surface area (Å²) in [4.78, 5) is 33.8. The van der Waals surface area contributed by atoms with Gasteiger partial charge in [0.25, 0.3) is 7.82 Å². The summed E-state index contributed by atoms with van der Waals surface area (Å²) in [6.45, 7) is 21.2. The molecule has 1 unspecified atom stereocenters. The highest BCUT2D eigenvalue weighted by Crippen LogP contribution is 2.64. The maximum absolute atomic E-state index is 12.0. The average molecular weight is 720 g/mol. The number of hydrogen-bond donors (Lipinski definition) is 0. The molecule has 0 aromatic rings. The van der Waals surface area contributed by atoms with E-state index in [1.807, 2.05) is 0 Å². The second-order valence-electron chi connectivity index (χ2n) is 14.9. The van der Waals surface area contributed by atoms with Crippen LogP contribution in [0.1, 0.15) is 146 Å². The van der Waals surface area contributed by atoms with Gasteiger partial charge in [-0.3, -0.25) is 8.88 Å². The molecule has 0 aromatic carbocycles. The topological polar surface area (TPSA) is 122 Å². The first-order valence-electron chi connectivity index (χ1n) is 18.0. The summed E-state index contributed by atoms with van der Waals surface area (Å²) in [5, 5.41) is 0. The molecule has 1 fully saturated rings. The van der Waals surface area contributed by atoms with Crippen LogP contribution in [0.4, 0.5) is 0 Å². The fourth-order valence-corrected chi connectivity index (χ4v) is 7.72. The lowest BCUT2D eigenvalue weighted by Gasteiger charge is -2.35. The molecule has 280 valence electrons. The van der Waals surface area contributed by atoms with Crippen molar-refractivity contribution in [3.63, 3.8) is 0 Å². The Morgan fingerprint density at radius 1 is 0.592 bits per heavy atom. The van der Waals surface area contributed by atoms with E-state index < -0.39 is 15.6 Å². The van der Waals surface area contributed by atoms with Gasteiger partial charge in [0.15, 0.2) is 0 Å². The Morgan fingerprint density at radius 3 is 1.35 bits per heavy atom. The number of rotatable bonds is 24. The molecule has 1 aliphatic rings. The van der Waals surface area contributed by atoms with Crippen LogP contribution >= 0.6 is 15.6 Å². The first-order valence-corrected chi connectivity index (χ1v) is 20.9. The van der Waals surface area contributed by atoms with E-state index in [2.05, 4.69) is 116 Å². The van der Waals surface area contributed by atoms with Crippen molar-refractivity contribution in [1.82, 2.24) is 0 Å². The summed E-state index contributed by atoms with van der Waals surface area (Å²) in [5.74, 6) is -0.0708. The molecular weight excluding hydrogens is 654 g/mol. The van der Waals surface area contributed by atoms with E-state index >= 15 is 0 Å². The predicted molar refractivity (Wildman–Crippen MR) is 200 cm³/mol. The zero-order valence-corrected chi connectivity index (χ0v) is 33.9. The summed E-state index contributed by atoms with van der Waals surface area (Å²) in [7, 11) is -11.0. The van der Waals surface area contributed by atoms with Crippen LogP contribution in [0, 0.1) is 17.3 Å². The molecule has 0 bridgehead atoms. The van der Waals surface area contributed by atoms with Gasteiger partial charge in [0, 0.05) is 0 Å². The van der Waals surface area contributed by atoms with Crippen molar-refractivity contribution < 1.29 is 32.6 Å². The van der Waals surface area contributed by atoms with E-state index in [4.69, 9.17) is 4.52 Å². The fourth-order valence-electron chi connectivity index (χ4n) is 6.21. The summed E-state index contributed by atoms with van der Waals surface area (Å²) in [5.41, 5.74) is 9.26. The molecule has 0 radical (unpaired) electrons. The van der Waals surface area contributed by atoms with E-state index in [0.717, 1.165) is 77.0 Å². The van der Waals surface area contributed by atoms with Gasteiger partial charge in [-0.2, -0.15) is 0 Å². The molecule has 9 heteroatoms. The minimum atomic E-state index is -5.73. The molecule has 0 aliphatic heterocycles. The maximum atomic E-state index is 12.0. The standard InChI is InChI=1S/C40H68O7P2/c1-31(2)17-11-19-33(5)21-13-23-35(7)25-15-26-37(9)29-38-39(30-46-49(44,45)47-48(41,42)43)40(38,10)28-16-27-36(8)24-14-22-34(6)20-12-18-32(3)4/h17-18,21-22,25,27,29,38-39H,11-16,19-20,23-24,26,28,30H2,1-10H3,(H,44,45)(H2,41,42,43)/p-3/b33-21+,34-22+,35-25+,36-27+,37-29+/t38-,39-,40+/m0/s1. The van der Waals surface area contributed by atoms with Crippen molar-refractivity contribution in [3.8, 4) is 0 Å². The van der Waals surface area contributed by atoms with Crippen molar-refractivity contribution in [2.24, 2.45) is 17.3 Å². The third-order valence-corrected chi connectivity index (χ3v) is 11.5. The molecule has 7 nitrogen and oxygen atoms in total. The zero-order valence-electron chi connectivity index (χ0n) is 32.1. The van der Waals surface area contributed by atoms with Gasteiger partial charge in [-0.25, -0.2) is 0 Å². The Kier molecular flexibility index (Phi) is 20.8. The van der Waals surface area contributed by atoms with Crippen LogP contribution < -0.4 is 14.7 Å². The van der Waals surface area contributed by atoms with E-state index in [1.165, 1.54) is 39.0 Å². The highest BCUT2D eigenvalue weighted by atomic mass is 31.3. The molecule has 0 heterocycles. The van der Waals surface area contributed by atoms with Gasteiger partial charge in [0.2, 0.25) is 0 Å². The summed E-state index contributed by atoms with van der Waals surface area (Å²) in [6.07, 6.45) is 27.9. The molecule has 0 aromatic heterocycles. The van der Waals surface area contributed by atoms with E-state index in [1.54, 1.807) is 0 Å². The Labute approximate surface area is 299 Å². The molecule has 0 amide bonds. The lowest BCUT2D eigenvalue weighted by molar-refractivity contribution is -0.339. The van der Waals surface area contributed by atoms with Crippen molar-refractivity contribution in [2.45, 2.75) is 146 Å². The number of phosphoric ester groups is 1. The Bertz CT molecular complexity index is 1350. The van der Waals surface area contributed by atoms with Gasteiger partial charge >= 0.3 is 0 Å². The number of hydrogen-bond acceptors (Lipinski definition) is 7. The molecule has 1 aliphatic carbocycles. The Morgan fingerprint density at radius 2 is 0.959 bits per heavy atom. The molecule has 0 spiro atoms. The highest BCUT2D eigenvalue weighted by Gasteiger charge is 2.59. The first kappa shape index (κ1) is 45.5. The van der Waals surface area contributed by atoms with Crippen LogP contribution in [0.3, 0.4) is 0 Å². The smallest absolute Gasteiger partial charge is 0.271 e.